The van der Waals surface area contributed by atoms with Crippen LogP contribution in [0.15, 0.2) is 17.2 Å². The number of nitrogens with one attached hydrogen (secondary N) is 1. The van der Waals surface area contributed by atoms with Gasteiger partial charge in [-0.15, -0.1) is 0 Å². The first kappa shape index (κ1) is 11.0. The van der Waals surface area contributed by atoms with Crippen LogP contribution < -0.4 is 0 Å². The van der Waals surface area contributed by atoms with Gasteiger partial charge in [0.05, 0.1) is 10.9 Å². The predicted octanol–water partition coefficient (Wildman–Crippen LogP) is 1.83. The van der Waals surface area contributed by atoms with Crippen LogP contribution in [-0.4, -0.2) is 18.0 Å². The Labute approximate surface area is 87.4 Å². The molecule has 2 N–H and O–H groups in total. The highest BCUT2D eigenvalue weighted by Crippen LogP contribution is 2.27. The number of hydrogen-bond donors (Lipinski definition) is 2. The van der Waals surface area contributed by atoms with Gasteiger partial charge in [-0.05, 0) is 12.1 Å². The van der Waals surface area contributed by atoms with Gasteiger partial charge in [0.15, 0.2) is 22.5 Å². The van der Waals surface area contributed by atoms with Crippen molar-refractivity contribution >= 4 is 21.0 Å². The van der Waals surface area contributed by atoms with Gasteiger partial charge in [0.1, 0.15) is 0 Å². The molecule has 2 aromatic rings. The third kappa shape index (κ3) is 1.46. The minimum Gasteiger partial charge on any atom is -0.341 e. The Morgan fingerprint density at radius 2 is 1.75 bits per heavy atom. The van der Waals surface area contributed by atoms with Gasteiger partial charge in [0.25, 0.3) is 0 Å². The Morgan fingerprint density at radius 1 is 1.12 bits per heavy atom. The van der Waals surface area contributed by atoms with E-state index < -0.39 is 38.0 Å². The molecule has 0 fully saturated rings. The van der Waals surface area contributed by atoms with Crippen molar-refractivity contribution < 1.29 is 26.1 Å². The summed E-state index contributed by atoms with van der Waals surface area (Å²) in [5.41, 5.74) is -0.260. The van der Waals surface area contributed by atoms with Crippen molar-refractivity contribution in [3.63, 3.8) is 0 Å². The summed E-state index contributed by atoms with van der Waals surface area (Å²) in [6, 6.07) is 1.67. The largest absolute Gasteiger partial charge is 0.341 e. The zero-order valence-electron chi connectivity index (χ0n) is 7.46. The van der Waals surface area contributed by atoms with Gasteiger partial charge in [0, 0.05) is 0 Å². The van der Waals surface area contributed by atoms with E-state index in [0.29, 0.717) is 6.07 Å². The topological polar surface area (TPSA) is 70.2 Å². The van der Waals surface area contributed by atoms with Crippen LogP contribution in [0.2, 0.25) is 0 Å². The predicted molar refractivity (Wildman–Crippen MR) is 48.0 cm³/mol. The number of benzene rings is 1. The molecule has 86 valence electrons. The number of aromatic nitrogens is 1. The summed E-state index contributed by atoms with van der Waals surface area (Å²) in [5, 5.41) is -2.03. The maximum absolute atomic E-state index is 13.4. The molecule has 0 saturated heterocycles. The Balaban J connectivity index is 2.96. The molecular formula is C8H4F3NO3S. The highest BCUT2D eigenvalue weighted by Gasteiger charge is 2.24. The summed E-state index contributed by atoms with van der Waals surface area (Å²) in [6.07, 6.45) is 0. The molecule has 16 heavy (non-hydrogen) atoms. The SMILES string of the molecule is O=S(=O)(O)c1[nH]c2ccc(F)c(F)c2c1F. The second-order valence-electron chi connectivity index (χ2n) is 3.03. The lowest BCUT2D eigenvalue weighted by molar-refractivity contribution is 0.469. The third-order valence-electron chi connectivity index (χ3n) is 2.02. The molecule has 1 aromatic heterocycles. The molecule has 0 bridgehead atoms. The van der Waals surface area contributed by atoms with Crippen molar-refractivity contribution in [1.29, 1.82) is 0 Å². The Kier molecular flexibility index (Phi) is 2.21. The van der Waals surface area contributed by atoms with Gasteiger partial charge < -0.3 is 4.98 Å². The summed E-state index contributed by atoms with van der Waals surface area (Å²) in [6.45, 7) is 0. The monoisotopic (exact) mass is 251 g/mol. The fourth-order valence-corrected chi connectivity index (χ4v) is 1.91. The molecule has 0 atom stereocenters. The molecule has 1 heterocycles. The molecule has 8 heteroatoms. The van der Waals surface area contributed by atoms with E-state index in [9.17, 15) is 21.6 Å². The van der Waals surface area contributed by atoms with Crippen LogP contribution in [0.3, 0.4) is 0 Å². The van der Waals surface area contributed by atoms with Gasteiger partial charge in [-0.3, -0.25) is 4.55 Å². The van der Waals surface area contributed by atoms with Crippen molar-refractivity contribution in [2.75, 3.05) is 0 Å². The second kappa shape index (κ2) is 3.22. The average Bonchev–Trinajstić information content (AvgIpc) is 2.50. The zero-order valence-corrected chi connectivity index (χ0v) is 8.28. The van der Waals surface area contributed by atoms with E-state index in [1.807, 2.05) is 4.98 Å². The van der Waals surface area contributed by atoms with Gasteiger partial charge in [0.2, 0.25) is 0 Å². The lowest BCUT2D eigenvalue weighted by Gasteiger charge is -1.93. The highest BCUT2D eigenvalue weighted by molar-refractivity contribution is 7.85. The zero-order chi connectivity index (χ0) is 12.1. The minimum absolute atomic E-state index is 0.260. The second-order valence-corrected chi connectivity index (χ2v) is 4.39. The van der Waals surface area contributed by atoms with Crippen molar-refractivity contribution in [2.45, 2.75) is 5.03 Å². The molecule has 0 unspecified atom stereocenters. The van der Waals surface area contributed by atoms with E-state index in [1.165, 1.54) is 0 Å². The summed E-state index contributed by atoms with van der Waals surface area (Å²) in [5.74, 6) is -4.37. The van der Waals surface area contributed by atoms with Crippen molar-refractivity contribution in [1.82, 2.24) is 4.98 Å². The van der Waals surface area contributed by atoms with Crippen LogP contribution in [0, 0.1) is 17.5 Å². The van der Waals surface area contributed by atoms with Gasteiger partial charge in [-0.25, -0.2) is 13.2 Å². The summed E-state index contributed by atoms with van der Waals surface area (Å²) < 4.78 is 69.3. The Morgan fingerprint density at radius 3 is 2.31 bits per heavy atom. The molecule has 2 rings (SSSR count). The van der Waals surface area contributed by atoms with Crippen LogP contribution in [-0.2, 0) is 10.1 Å². The lowest BCUT2D eigenvalue weighted by Crippen LogP contribution is -2.00. The molecule has 0 amide bonds. The lowest BCUT2D eigenvalue weighted by atomic mass is 10.2. The molecule has 4 nitrogen and oxygen atoms in total. The summed E-state index contributed by atoms with van der Waals surface area (Å²) in [4.78, 5) is 1.95. The van der Waals surface area contributed by atoms with Crippen LogP contribution in [0.5, 0.6) is 0 Å². The van der Waals surface area contributed by atoms with E-state index in [4.69, 9.17) is 4.55 Å². The Hall–Kier alpha value is -1.54. The van der Waals surface area contributed by atoms with Gasteiger partial charge in [-0.1, -0.05) is 0 Å². The van der Waals surface area contributed by atoms with E-state index in [2.05, 4.69) is 0 Å². The highest BCUT2D eigenvalue weighted by atomic mass is 32.2. The summed E-state index contributed by atoms with van der Waals surface area (Å²) in [7, 11) is -4.84. The van der Waals surface area contributed by atoms with Crippen molar-refractivity contribution in [3.05, 3.63) is 29.6 Å². The fraction of sp³-hybridized carbons (Fsp3) is 0. The molecule has 0 aliphatic carbocycles. The van der Waals surface area contributed by atoms with Crippen LogP contribution >= 0.6 is 0 Å². The Bertz CT molecular complexity index is 677. The number of fused-ring (bicyclic) bond motifs is 1. The molecule has 0 spiro atoms. The van der Waals surface area contributed by atoms with Crippen LogP contribution in [0.1, 0.15) is 0 Å². The van der Waals surface area contributed by atoms with E-state index >= 15 is 0 Å². The van der Waals surface area contributed by atoms with Crippen molar-refractivity contribution in [3.8, 4) is 0 Å². The molecule has 0 radical (unpaired) electrons. The number of halogens is 3. The maximum Gasteiger partial charge on any atom is 0.313 e. The number of aromatic amines is 1. The van der Waals surface area contributed by atoms with Crippen LogP contribution in [0.4, 0.5) is 13.2 Å². The number of rotatable bonds is 1. The molecule has 0 saturated carbocycles. The first-order valence-electron chi connectivity index (χ1n) is 3.95. The van der Waals surface area contributed by atoms with Gasteiger partial charge >= 0.3 is 10.1 Å². The van der Waals surface area contributed by atoms with E-state index in [-0.39, 0.29) is 5.52 Å². The summed E-state index contributed by atoms with van der Waals surface area (Å²) >= 11 is 0. The third-order valence-corrected chi connectivity index (χ3v) is 2.82. The average molecular weight is 251 g/mol. The molecule has 0 aliphatic rings. The molecule has 0 aliphatic heterocycles. The standard InChI is InChI=1S/C8H4F3NO3S/c9-3-1-2-4-5(6(3)10)7(11)8(12-4)16(13,14)15/h1-2,12H,(H,13,14,15). The first-order chi connectivity index (χ1) is 7.32. The van der Waals surface area contributed by atoms with Gasteiger partial charge in [-0.2, -0.15) is 8.42 Å². The van der Waals surface area contributed by atoms with E-state index in [1.54, 1.807) is 0 Å². The quantitative estimate of drug-likeness (QED) is 0.759. The van der Waals surface area contributed by atoms with Crippen LogP contribution in [0.25, 0.3) is 10.9 Å². The normalized spacial score (nSPS) is 12.2. The smallest absolute Gasteiger partial charge is 0.313 e. The van der Waals surface area contributed by atoms with E-state index in [0.717, 1.165) is 6.07 Å². The first-order valence-corrected chi connectivity index (χ1v) is 5.39. The number of hydrogen-bond acceptors (Lipinski definition) is 2. The molecular weight excluding hydrogens is 247 g/mol. The maximum atomic E-state index is 13.4. The van der Waals surface area contributed by atoms with Crippen molar-refractivity contribution in [2.24, 2.45) is 0 Å². The minimum atomic E-state index is -4.84. The fourth-order valence-electron chi connectivity index (χ4n) is 1.34. The number of H-pyrrole nitrogens is 1. The molecule has 1 aromatic carbocycles.